The van der Waals surface area contributed by atoms with Crippen LogP contribution in [0.4, 0.5) is 19.0 Å². The average molecular weight is 598 g/mol. The number of rotatable bonds is 3. The van der Waals surface area contributed by atoms with Crippen molar-refractivity contribution >= 4 is 27.5 Å². The molecule has 6 nitrogen and oxygen atoms in total. The van der Waals surface area contributed by atoms with E-state index in [1.54, 1.807) is 6.07 Å². The molecule has 3 aromatic carbocycles. The average Bonchev–Trinajstić information content (AvgIpc) is 3.65. The van der Waals surface area contributed by atoms with Crippen LogP contribution in [0.25, 0.3) is 32.8 Å². The molecule has 0 spiro atoms. The molecule has 1 aromatic heterocycles. The number of phenolic OH excluding ortho intramolecular Hbond substituents is 1. The van der Waals surface area contributed by atoms with Crippen molar-refractivity contribution in [1.82, 2.24) is 20.2 Å². The second-order valence-corrected chi connectivity index (χ2v) is 12.9. The van der Waals surface area contributed by atoms with Crippen molar-refractivity contribution in [3.05, 3.63) is 59.4 Å². The molecule has 9 heteroatoms. The Hall–Kier alpha value is -3.87. The van der Waals surface area contributed by atoms with Crippen LogP contribution in [0.15, 0.2) is 36.4 Å². The molecule has 0 saturated carbocycles. The van der Waals surface area contributed by atoms with Gasteiger partial charge >= 0.3 is 0 Å². The fourth-order valence-corrected chi connectivity index (χ4v) is 8.14. The highest BCUT2D eigenvalue weighted by molar-refractivity contribution is 6.03. The summed E-state index contributed by atoms with van der Waals surface area (Å²) >= 11 is 0. The Labute approximate surface area is 254 Å². The zero-order chi connectivity index (χ0) is 30.2. The Bertz CT molecular complexity index is 1870. The van der Waals surface area contributed by atoms with Crippen molar-refractivity contribution in [1.29, 1.82) is 0 Å². The molecule has 4 aliphatic heterocycles. The minimum absolute atomic E-state index is 0.0115. The Morgan fingerprint density at radius 3 is 2.70 bits per heavy atom. The van der Waals surface area contributed by atoms with E-state index in [0.717, 1.165) is 37.8 Å². The van der Waals surface area contributed by atoms with Gasteiger partial charge in [0.05, 0.1) is 11.1 Å². The third-order valence-electron chi connectivity index (χ3n) is 10.1. The van der Waals surface area contributed by atoms with Gasteiger partial charge in [0.1, 0.15) is 29.1 Å². The normalized spacial score (nSPS) is 26.4. The number of anilines is 1. The first-order chi connectivity index (χ1) is 21.3. The van der Waals surface area contributed by atoms with Crippen molar-refractivity contribution < 1.29 is 18.3 Å². The van der Waals surface area contributed by atoms with Gasteiger partial charge in [-0.3, -0.25) is 4.90 Å². The molecule has 5 heterocycles. The van der Waals surface area contributed by atoms with E-state index in [-0.39, 0.29) is 40.3 Å². The molecule has 4 saturated heterocycles. The number of aromatic nitrogens is 2. The van der Waals surface area contributed by atoms with Crippen molar-refractivity contribution in [2.75, 3.05) is 31.1 Å². The van der Waals surface area contributed by atoms with Gasteiger partial charge in [0.15, 0.2) is 5.82 Å². The molecule has 44 heavy (non-hydrogen) atoms. The van der Waals surface area contributed by atoms with Crippen LogP contribution >= 0.6 is 0 Å². The summed E-state index contributed by atoms with van der Waals surface area (Å²) in [6.07, 6.45) is 3.87. The SMILES string of the molecule is CCc1cccc2cc(O)cc(-c3c(F)cc4c(N5CC6CCC(C5)N6)nc(C#C[C@@]56CCCN5C[C@H](F)C6)nc4c3F)c12. The molecule has 4 aliphatic rings. The maximum absolute atomic E-state index is 16.9. The van der Waals surface area contributed by atoms with Crippen LogP contribution in [0.1, 0.15) is 50.4 Å². The summed E-state index contributed by atoms with van der Waals surface area (Å²) in [5.41, 5.74) is 0.395. The van der Waals surface area contributed by atoms with E-state index in [2.05, 4.69) is 31.9 Å². The first-order valence-electron chi connectivity index (χ1n) is 15.7. The summed E-state index contributed by atoms with van der Waals surface area (Å²) in [4.78, 5) is 13.6. The Kier molecular flexibility index (Phi) is 6.51. The van der Waals surface area contributed by atoms with Crippen molar-refractivity contribution in [2.24, 2.45) is 0 Å². The molecular formula is C35H34F3N5O. The molecule has 4 atom stereocenters. The highest BCUT2D eigenvalue weighted by Gasteiger charge is 2.47. The summed E-state index contributed by atoms with van der Waals surface area (Å²) < 4.78 is 47.5. The number of nitrogens with zero attached hydrogens (tertiary/aromatic N) is 4. The number of fused-ring (bicyclic) bond motifs is 5. The van der Waals surface area contributed by atoms with E-state index in [9.17, 15) is 9.50 Å². The molecule has 4 aromatic rings. The lowest BCUT2D eigenvalue weighted by Crippen LogP contribution is -2.51. The molecule has 0 aliphatic carbocycles. The van der Waals surface area contributed by atoms with Crippen LogP contribution in [0.5, 0.6) is 5.75 Å². The first-order valence-corrected chi connectivity index (χ1v) is 15.7. The number of nitrogens with one attached hydrogen (secondary N) is 1. The predicted octanol–water partition coefficient (Wildman–Crippen LogP) is 5.86. The topological polar surface area (TPSA) is 64.5 Å². The summed E-state index contributed by atoms with van der Waals surface area (Å²) in [6, 6.07) is 10.6. The zero-order valence-corrected chi connectivity index (χ0v) is 24.6. The van der Waals surface area contributed by atoms with Gasteiger partial charge < -0.3 is 15.3 Å². The predicted molar refractivity (Wildman–Crippen MR) is 166 cm³/mol. The smallest absolute Gasteiger partial charge is 0.207 e. The summed E-state index contributed by atoms with van der Waals surface area (Å²) in [7, 11) is 0. The quantitative estimate of drug-likeness (QED) is 0.289. The fraction of sp³-hybridized carbons (Fsp3) is 0.429. The Morgan fingerprint density at radius 2 is 1.91 bits per heavy atom. The first kappa shape index (κ1) is 27.7. The van der Waals surface area contributed by atoms with E-state index in [0.29, 0.717) is 54.5 Å². The van der Waals surface area contributed by atoms with E-state index in [1.165, 1.54) is 12.1 Å². The van der Waals surface area contributed by atoms with Gasteiger partial charge in [0, 0.05) is 43.5 Å². The number of aromatic hydroxyl groups is 1. The highest BCUT2D eigenvalue weighted by Crippen LogP contribution is 2.42. The third kappa shape index (κ3) is 4.41. The van der Waals surface area contributed by atoms with E-state index >= 15 is 8.78 Å². The number of benzene rings is 3. The van der Waals surface area contributed by atoms with Gasteiger partial charge in [-0.15, -0.1) is 0 Å². The minimum Gasteiger partial charge on any atom is -0.508 e. The molecule has 4 fully saturated rings. The largest absolute Gasteiger partial charge is 0.508 e. The van der Waals surface area contributed by atoms with Gasteiger partial charge in [-0.2, -0.15) is 0 Å². The second kappa shape index (κ2) is 10.4. The summed E-state index contributed by atoms with van der Waals surface area (Å²) in [5.74, 6) is 5.40. The van der Waals surface area contributed by atoms with Gasteiger partial charge in [-0.1, -0.05) is 31.0 Å². The molecule has 226 valence electrons. The van der Waals surface area contributed by atoms with Crippen LogP contribution < -0.4 is 10.2 Å². The number of aryl methyl sites for hydroxylation is 1. The summed E-state index contributed by atoms with van der Waals surface area (Å²) in [5, 5.41) is 15.9. The molecule has 2 unspecified atom stereocenters. The lowest BCUT2D eigenvalue weighted by atomic mass is 9.92. The number of hydrogen-bond acceptors (Lipinski definition) is 6. The monoisotopic (exact) mass is 597 g/mol. The maximum atomic E-state index is 16.9. The summed E-state index contributed by atoms with van der Waals surface area (Å²) in [6.45, 7) is 4.50. The standard InChI is InChI=1S/C35H34F3N5O/c1-2-20-5-3-6-21-13-25(44)14-26(30(20)21)31-28(37)15-27-33(32(31)38)40-29(9-11-35-10-4-12-43(35)17-22(36)16-35)41-34(27)42-18-23-7-8-24(19-42)39-23/h3,5-6,13-15,22-24,39,44H,2,4,7-8,10,12,16-19H2,1H3/t22-,23?,24?,35-/m1/s1. The maximum Gasteiger partial charge on any atom is 0.207 e. The molecule has 8 rings (SSSR count). The van der Waals surface area contributed by atoms with Crippen LogP contribution in [0.3, 0.4) is 0 Å². The Morgan fingerprint density at radius 1 is 1.09 bits per heavy atom. The lowest BCUT2D eigenvalue weighted by molar-refractivity contribution is 0.255. The Balaban J connectivity index is 1.35. The molecular weight excluding hydrogens is 563 g/mol. The van der Waals surface area contributed by atoms with Gasteiger partial charge in [0.2, 0.25) is 5.82 Å². The van der Waals surface area contributed by atoms with Gasteiger partial charge in [-0.25, -0.2) is 23.1 Å². The molecule has 2 bridgehead atoms. The molecule has 0 radical (unpaired) electrons. The second-order valence-electron chi connectivity index (χ2n) is 12.9. The van der Waals surface area contributed by atoms with E-state index in [1.807, 2.05) is 25.1 Å². The minimum atomic E-state index is -0.929. The van der Waals surface area contributed by atoms with Crippen LogP contribution in [0.2, 0.25) is 0 Å². The highest BCUT2D eigenvalue weighted by atomic mass is 19.1. The fourth-order valence-electron chi connectivity index (χ4n) is 8.14. The van der Waals surface area contributed by atoms with Crippen molar-refractivity contribution in [2.45, 2.75) is 69.2 Å². The van der Waals surface area contributed by atoms with E-state index < -0.39 is 23.3 Å². The number of piperazine rings is 1. The van der Waals surface area contributed by atoms with Crippen molar-refractivity contribution in [3.63, 3.8) is 0 Å². The number of hydrogen-bond donors (Lipinski definition) is 2. The number of phenols is 1. The lowest BCUT2D eigenvalue weighted by Gasteiger charge is -2.34. The van der Waals surface area contributed by atoms with Gasteiger partial charge in [0.25, 0.3) is 0 Å². The van der Waals surface area contributed by atoms with Crippen LogP contribution in [-0.4, -0.2) is 69.9 Å². The van der Waals surface area contributed by atoms with E-state index in [4.69, 9.17) is 4.98 Å². The van der Waals surface area contributed by atoms with Crippen molar-refractivity contribution in [3.8, 4) is 28.7 Å². The number of halogens is 3. The number of alkyl halides is 1. The van der Waals surface area contributed by atoms with Gasteiger partial charge in [-0.05, 0) is 84.7 Å². The van der Waals surface area contributed by atoms with Crippen LogP contribution in [0, 0.1) is 23.5 Å². The molecule has 2 N–H and O–H groups in total. The zero-order valence-electron chi connectivity index (χ0n) is 24.6. The molecule has 0 amide bonds. The third-order valence-corrected chi connectivity index (χ3v) is 10.1. The van der Waals surface area contributed by atoms with Crippen LogP contribution in [-0.2, 0) is 6.42 Å².